The summed E-state index contributed by atoms with van der Waals surface area (Å²) in [5.74, 6) is -1.12. The Balaban J connectivity index is -0.000000108. The van der Waals surface area contributed by atoms with Crippen molar-refractivity contribution < 1.29 is 50.5 Å². The van der Waals surface area contributed by atoms with Crippen LogP contribution in [0.15, 0.2) is 0 Å². The first-order chi connectivity index (χ1) is 9.38. The van der Waals surface area contributed by atoms with Gasteiger partial charge < -0.3 is 28.8 Å². The van der Waals surface area contributed by atoms with Gasteiger partial charge in [-0.25, -0.2) is 0 Å². The summed E-state index contributed by atoms with van der Waals surface area (Å²) in [5.41, 5.74) is 0. The smallest absolute Gasteiger partial charge is 0.334 e. The van der Waals surface area contributed by atoms with Gasteiger partial charge >= 0.3 is 21.7 Å². The predicted octanol–water partition coefficient (Wildman–Crippen LogP) is 1.10. The molecule has 0 heterocycles. The molecule has 0 aliphatic rings. The van der Waals surface area contributed by atoms with Gasteiger partial charge in [-0.1, -0.05) is 0 Å². The van der Waals surface area contributed by atoms with Crippen molar-refractivity contribution in [3.05, 3.63) is 19.3 Å². The summed E-state index contributed by atoms with van der Waals surface area (Å²) in [6.07, 6.45) is 3.17. The Morgan fingerprint density at radius 1 is 0.409 bits per heavy atom. The third-order valence-corrected chi connectivity index (χ3v) is 1.22. The van der Waals surface area contributed by atoms with Crippen LogP contribution in [-0.4, -0.2) is 34.7 Å². The molecule has 0 amide bonds. The Morgan fingerprint density at radius 2 is 0.500 bits per heavy atom. The summed E-state index contributed by atoms with van der Waals surface area (Å²) in [5, 5.41) is 0. The molecule has 0 aliphatic heterocycles. The summed E-state index contributed by atoms with van der Waals surface area (Å²) in [6, 6.07) is 0. The van der Waals surface area contributed by atoms with E-state index in [2.05, 4.69) is 0 Å². The molecule has 0 aromatic rings. The molecule has 22 heavy (non-hydrogen) atoms. The molecule has 0 bridgehead atoms. The Kier molecular flexibility index (Phi) is 22.5. The van der Waals surface area contributed by atoms with Crippen LogP contribution >= 0.6 is 0 Å². The number of ketones is 6. The summed E-state index contributed by atoms with van der Waals surface area (Å²) >= 11 is 0. The van der Waals surface area contributed by atoms with Crippen LogP contribution in [0.1, 0.15) is 41.5 Å². The zero-order chi connectivity index (χ0) is 17.6. The second-order valence-electron chi connectivity index (χ2n) is 4.10. The molecule has 1 radical (unpaired) electrons. The molecule has 0 saturated heterocycles. The van der Waals surface area contributed by atoms with Crippen LogP contribution in [0.2, 0.25) is 0 Å². The average Bonchev–Trinajstić information content (AvgIpc) is 2.10. The molecule has 0 rings (SSSR count). The standard InChI is InChI=1S/3C5H7O2.Ti/c3*1-4(6)3-5(2)7;/h3*3H,1-2H3;/q3*-1;+3. The number of carbonyl (C=O) groups excluding carboxylic acids is 6. The van der Waals surface area contributed by atoms with E-state index < -0.39 is 0 Å². The van der Waals surface area contributed by atoms with Crippen molar-refractivity contribution in [2.24, 2.45) is 0 Å². The van der Waals surface area contributed by atoms with Crippen LogP contribution in [0.25, 0.3) is 0 Å². The summed E-state index contributed by atoms with van der Waals surface area (Å²) in [7, 11) is 0. The number of hydrogen-bond donors (Lipinski definition) is 0. The summed E-state index contributed by atoms with van der Waals surface area (Å²) in [6.45, 7) is 8.09. The van der Waals surface area contributed by atoms with Gasteiger partial charge in [0, 0.05) is 34.7 Å². The first-order valence-corrected chi connectivity index (χ1v) is 5.96. The Labute approximate surface area is 146 Å². The molecule has 0 N–H and O–H groups in total. The maximum absolute atomic E-state index is 9.98. The van der Waals surface area contributed by atoms with Crippen LogP contribution in [0.5, 0.6) is 0 Å². The molecule has 0 aromatic carbocycles. The summed E-state index contributed by atoms with van der Waals surface area (Å²) in [4.78, 5) is 59.9. The molecular formula is C15H21O6Ti. The number of carbonyl (C=O) groups is 6. The molecule has 0 spiro atoms. The van der Waals surface area contributed by atoms with E-state index in [4.69, 9.17) is 0 Å². The fraction of sp³-hybridized carbons (Fsp3) is 0.400. The van der Waals surface area contributed by atoms with E-state index in [1.54, 1.807) is 0 Å². The van der Waals surface area contributed by atoms with E-state index in [9.17, 15) is 28.8 Å². The molecule has 7 heteroatoms. The number of rotatable bonds is 6. The van der Waals surface area contributed by atoms with Gasteiger partial charge in [-0.05, 0) is 41.5 Å². The quantitative estimate of drug-likeness (QED) is 0.406. The first-order valence-electron chi connectivity index (χ1n) is 5.96. The molecule has 0 fully saturated rings. The van der Waals surface area contributed by atoms with Gasteiger partial charge in [0.2, 0.25) is 0 Å². The van der Waals surface area contributed by atoms with Crippen molar-refractivity contribution in [3.63, 3.8) is 0 Å². The molecule has 121 valence electrons. The fourth-order valence-electron chi connectivity index (χ4n) is 0.859. The largest absolute Gasteiger partial charge is 3.00 e. The van der Waals surface area contributed by atoms with Crippen molar-refractivity contribution >= 4 is 34.7 Å². The van der Waals surface area contributed by atoms with Crippen molar-refractivity contribution in [3.8, 4) is 0 Å². The third kappa shape index (κ3) is 51.6. The fourth-order valence-corrected chi connectivity index (χ4v) is 0.859. The van der Waals surface area contributed by atoms with E-state index in [1.165, 1.54) is 41.5 Å². The average molecular weight is 345 g/mol. The molecule has 0 saturated carbocycles. The molecule has 6 nitrogen and oxygen atoms in total. The van der Waals surface area contributed by atoms with E-state index >= 15 is 0 Å². The van der Waals surface area contributed by atoms with Gasteiger partial charge in [-0.15, -0.1) is 0 Å². The van der Waals surface area contributed by atoms with Crippen molar-refractivity contribution in [1.82, 2.24) is 0 Å². The second-order valence-corrected chi connectivity index (χ2v) is 4.10. The molecule has 0 atom stereocenters. The van der Waals surface area contributed by atoms with Gasteiger partial charge in [-0.3, -0.25) is 19.3 Å². The Hall–Kier alpha value is -1.66. The molecular weight excluding hydrogens is 324 g/mol. The monoisotopic (exact) mass is 345 g/mol. The maximum Gasteiger partial charge on any atom is 3.00 e. The van der Waals surface area contributed by atoms with Gasteiger partial charge in [0.25, 0.3) is 0 Å². The summed E-state index contributed by atoms with van der Waals surface area (Å²) < 4.78 is 0. The van der Waals surface area contributed by atoms with Gasteiger partial charge in [0.15, 0.2) is 0 Å². The molecule has 0 aromatic heterocycles. The minimum absolute atomic E-state index is 0. The van der Waals surface area contributed by atoms with Crippen LogP contribution in [0.4, 0.5) is 0 Å². The Bertz CT molecular complexity index is 314. The minimum atomic E-state index is -0.187. The normalized spacial score (nSPS) is 7.36. The zero-order valence-electron chi connectivity index (χ0n) is 13.7. The zero-order valence-corrected chi connectivity index (χ0v) is 15.2. The van der Waals surface area contributed by atoms with Crippen LogP contribution in [0.3, 0.4) is 0 Å². The van der Waals surface area contributed by atoms with Crippen LogP contribution in [-0.2, 0) is 50.5 Å². The molecule has 0 unspecified atom stereocenters. The maximum atomic E-state index is 9.98. The topological polar surface area (TPSA) is 102 Å². The Morgan fingerprint density at radius 3 is 0.500 bits per heavy atom. The minimum Gasteiger partial charge on any atom is -0.334 e. The predicted molar refractivity (Wildman–Crippen MR) is 77.0 cm³/mol. The van der Waals surface area contributed by atoms with Gasteiger partial charge in [0.1, 0.15) is 0 Å². The van der Waals surface area contributed by atoms with E-state index in [0.29, 0.717) is 0 Å². The van der Waals surface area contributed by atoms with Crippen molar-refractivity contribution in [1.29, 1.82) is 0 Å². The van der Waals surface area contributed by atoms with Gasteiger partial charge in [-0.2, -0.15) is 0 Å². The first kappa shape index (κ1) is 28.5. The second kappa shape index (κ2) is 17.4. The number of Topliss-reactive ketones (excluding diaryl/α,β-unsaturated/α-hetero) is 6. The van der Waals surface area contributed by atoms with Gasteiger partial charge in [0.05, 0.1) is 0 Å². The van der Waals surface area contributed by atoms with Crippen molar-refractivity contribution in [2.75, 3.05) is 0 Å². The molecule has 0 aliphatic carbocycles. The van der Waals surface area contributed by atoms with E-state index in [0.717, 1.165) is 19.3 Å². The third-order valence-electron chi connectivity index (χ3n) is 1.22. The number of hydrogen-bond acceptors (Lipinski definition) is 6. The van der Waals surface area contributed by atoms with Crippen LogP contribution < -0.4 is 0 Å². The SMILES string of the molecule is CC(=O)[CH-]C(C)=O.CC(=O)[CH-]C(C)=O.CC(=O)[CH-]C(C)=O.[Ti+3]. The van der Waals surface area contributed by atoms with Crippen molar-refractivity contribution in [2.45, 2.75) is 41.5 Å². The van der Waals surface area contributed by atoms with E-state index in [-0.39, 0.29) is 56.4 Å². The van der Waals surface area contributed by atoms with E-state index in [1.807, 2.05) is 0 Å². The van der Waals surface area contributed by atoms with Crippen LogP contribution in [0, 0.1) is 19.3 Å².